The molecule has 0 radical (unpaired) electrons. The van der Waals surface area contributed by atoms with Gasteiger partial charge in [0, 0.05) is 76.6 Å². The third-order valence-electron chi connectivity index (χ3n) is 12.1. The van der Waals surface area contributed by atoms with Gasteiger partial charge in [0.05, 0.1) is 57.0 Å². The minimum absolute atomic E-state index is 0. The van der Waals surface area contributed by atoms with Crippen LogP contribution in [0.4, 0.5) is 5.69 Å². The molecule has 0 fully saturated rings. The second-order valence-electron chi connectivity index (χ2n) is 17.0. The largest absolute Gasteiger partial charge is 0.507 e. The lowest BCUT2D eigenvalue weighted by molar-refractivity contribution is 0.0682. The lowest BCUT2D eigenvalue weighted by atomic mass is 9.89. The number of amides is 2. The predicted octanol–water partition coefficient (Wildman–Crippen LogP) is 9.38. The van der Waals surface area contributed by atoms with Crippen LogP contribution in [0.15, 0.2) is 121 Å². The highest BCUT2D eigenvalue weighted by atomic mass is 35.5. The SMILES string of the molecule is C.CN(C)c1ccc2c(-c3c(Cl)cc(C(=O)NCc4ccc(C(=O)NCc5c(O)ccc6c(-c7ccc(C(=O)O)cc7C(=O)O)c7ccc(=O)cc-7oc56)o4)c(Cl)c3C(=O)O)c3ccc(=[N+](C)C)cc-3oc2c1. The summed E-state index contributed by atoms with van der Waals surface area (Å²) < 4.78 is 20.2. The van der Waals surface area contributed by atoms with Gasteiger partial charge in [-0.1, -0.05) is 36.7 Å². The number of anilines is 1. The van der Waals surface area contributed by atoms with Crippen LogP contribution >= 0.6 is 23.2 Å². The van der Waals surface area contributed by atoms with E-state index >= 15 is 0 Å². The summed E-state index contributed by atoms with van der Waals surface area (Å²) in [4.78, 5) is 79.1. The summed E-state index contributed by atoms with van der Waals surface area (Å²) in [6, 6.07) is 25.2. The van der Waals surface area contributed by atoms with E-state index in [4.69, 9.17) is 36.5 Å². The number of hydrogen-bond donors (Lipinski definition) is 6. The first-order valence-corrected chi connectivity index (χ1v) is 22.5. The molecule has 2 amide bonds. The molecule has 2 aliphatic heterocycles. The molecular weight excluding hydrogens is 984 g/mol. The van der Waals surface area contributed by atoms with Gasteiger partial charge < -0.3 is 49.2 Å². The maximum Gasteiger partial charge on any atom is 0.337 e. The van der Waals surface area contributed by atoms with Crippen LogP contribution in [0.25, 0.3) is 66.8 Å². The molecule has 1 aromatic heterocycles. The van der Waals surface area contributed by atoms with E-state index in [0.29, 0.717) is 33.4 Å². The van der Waals surface area contributed by atoms with Gasteiger partial charge in [-0.2, -0.15) is 0 Å². The number of rotatable bonds is 12. The first-order chi connectivity index (χ1) is 34.3. The van der Waals surface area contributed by atoms with Gasteiger partial charge in [0.15, 0.2) is 11.2 Å². The number of aromatic carboxylic acids is 3. The number of carbonyl (C=O) groups is 5. The minimum atomic E-state index is -1.44. The Morgan fingerprint density at radius 3 is 2.03 bits per heavy atom. The number of phenolic OH excluding ortho intramolecular Hbond substituents is 1. The second-order valence-corrected chi connectivity index (χ2v) is 17.8. The van der Waals surface area contributed by atoms with E-state index in [-0.39, 0.29) is 104 Å². The number of carbonyl (C=O) groups excluding carboxylic acids is 2. The zero-order valence-electron chi connectivity index (χ0n) is 38.3. The summed E-state index contributed by atoms with van der Waals surface area (Å²) in [6.07, 6.45) is 0. The van der Waals surface area contributed by atoms with Crippen LogP contribution in [-0.4, -0.2) is 78.3 Å². The number of carboxylic acid groups (broad SMARTS) is 3. The number of aromatic hydroxyl groups is 1. The molecule has 4 aliphatic rings. The van der Waals surface area contributed by atoms with Crippen LogP contribution in [0, 0.1) is 0 Å². The Labute approximate surface area is 424 Å². The zero-order chi connectivity index (χ0) is 51.4. The van der Waals surface area contributed by atoms with Gasteiger partial charge in [0.1, 0.15) is 48.3 Å². The van der Waals surface area contributed by atoms with Crippen LogP contribution < -0.4 is 30.9 Å². The fourth-order valence-corrected chi connectivity index (χ4v) is 9.17. The zero-order valence-corrected chi connectivity index (χ0v) is 39.9. The van der Waals surface area contributed by atoms with E-state index in [9.17, 15) is 49.2 Å². The maximum absolute atomic E-state index is 13.8. The molecule has 5 aromatic rings. The van der Waals surface area contributed by atoms with Crippen molar-refractivity contribution in [2.24, 2.45) is 0 Å². The highest BCUT2D eigenvalue weighted by Crippen LogP contribution is 2.48. The van der Waals surface area contributed by atoms with E-state index in [1.54, 1.807) is 12.1 Å². The summed E-state index contributed by atoms with van der Waals surface area (Å²) >= 11 is 13.8. The third-order valence-corrected chi connectivity index (χ3v) is 12.8. The summed E-state index contributed by atoms with van der Waals surface area (Å²) in [6.45, 7) is -0.656. The number of carboxylic acids is 3. The molecule has 370 valence electrons. The Morgan fingerprint density at radius 1 is 0.644 bits per heavy atom. The normalized spacial score (nSPS) is 11.2. The molecular formula is C54H43Cl2N4O13+. The lowest BCUT2D eigenvalue weighted by Crippen LogP contribution is -2.24. The first kappa shape index (κ1) is 50.5. The smallest absolute Gasteiger partial charge is 0.337 e. The van der Waals surface area contributed by atoms with Gasteiger partial charge in [-0.3, -0.25) is 14.4 Å². The van der Waals surface area contributed by atoms with Crippen LogP contribution in [0.3, 0.4) is 0 Å². The fourth-order valence-electron chi connectivity index (χ4n) is 8.56. The van der Waals surface area contributed by atoms with E-state index in [1.165, 1.54) is 60.7 Å². The average molecular weight is 1030 g/mol. The van der Waals surface area contributed by atoms with E-state index in [0.717, 1.165) is 17.1 Å². The molecule has 0 saturated carbocycles. The van der Waals surface area contributed by atoms with E-state index in [1.807, 2.05) is 61.9 Å². The number of phenols is 1. The fraction of sp³-hybridized carbons (Fsp3) is 0.130. The topological polar surface area (TPSA) is 253 Å². The van der Waals surface area contributed by atoms with Crippen molar-refractivity contribution in [1.82, 2.24) is 15.2 Å². The number of halogens is 2. The number of nitrogens with one attached hydrogen (secondary N) is 2. The van der Waals surface area contributed by atoms with E-state index < -0.39 is 40.7 Å². The minimum Gasteiger partial charge on any atom is -0.507 e. The molecule has 0 bridgehead atoms. The highest BCUT2D eigenvalue weighted by Gasteiger charge is 2.31. The highest BCUT2D eigenvalue weighted by molar-refractivity contribution is 6.41. The van der Waals surface area contributed by atoms with Crippen molar-refractivity contribution in [3.63, 3.8) is 0 Å². The Bertz CT molecular complexity index is 3870. The Hall–Kier alpha value is -8.93. The summed E-state index contributed by atoms with van der Waals surface area (Å²) in [7, 11) is 7.50. The summed E-state index contributed by atoms with van der Waals surface area (Å²) in [5, 5.41) is 48.0. The molecule has 19 heteroatoms. The van der Waals surface area contributed by atoms with Gasteiger partial charge in [0.25, 0.3) is 11.8 Å². The van der Waals surface area contributed by atoms with Gasteiger partial charge in [0.2, 0.25) is 5.36 Å². The number of nitrogens with zero attached hydrogens (tertiary/aromatic N) is 2. The monoisotopic (exact) mass is 1030 g/mol. The van der Waals surface area contributed by atoms with Crippen LogP contribution in [-0.2, 0) is 13.1 Å². The Kier molecular flexibility index (Phi) is 13.6. The molecule has 0 saturated heterocycles. The van der Waals surface area contributed by atoms with Crippen molar-refractivity contribution in [2.45, 2.75) is 20.5 Å². The molecule has 17 nitrogen and oxygen atoms in total. The van der Waals surface area contributed by atoms with E-state index in [2.05, 4.69) is 10.6 Å². The quantitative estimate of drug-likeness (QED) is 0.0493. The molecule has 3 heterocycles. The Morgan fingerprint density at radius 2 is 1.33 bits per heavy atom. The molecule has 0 atom stereocenters. The number of hydrogen-bond acceptors (Lipinski definition) is 11. The summed E-state index contributed by atoms with van der Waals surface area (Å²) in [5.74, 6) is -5.72. The molecule has 9 rings (SSSR count). The van der Waals surface area contributed by atoms with Crippen LogP contribution in [0.5, 0.6) is 5.75 Å². The number of fused-ring (bicyclic) bond motifs is 4. The molecule has 2 aliphatic carbocycles. The van der Waals surface area contributed by atoms with Gasteiger partial charge in [-0.25, -0.2) is 19.0 Å². The predicted molar refractivity (Wildman–Crippen MR) is 275 cm³/mol. The number of benzene rings is 6. The van der Waals surface area contributed by atoms with Gasteiger partial charge in [-0.15, -0.1) is 0 Å². The molecule has 0 spiro atoms. The van der Waals surface area contributed by atoms with Crippen LogP contribution in [0.1, 0.15) is 70.7 Å². The standard InChI is InChI=1S/C53H38Cl2N4O13.CH4/c1-58(2)25-6-11-31-40(18-25)71-41-19-26(59(3)4)7-12-32(41)44(31)45-37(54)21-35(47(55)46(45)53(68)69)49(62)56-22-28-9-16-39(70-28)50(63)57-23-36-38(61)15-14-33-43(30-13-8-27(60)20-42(30)72-48(33)36)29-10-5-24(51(64)65)17-34(29)52(66)67;/h5-21H,22-23H2,1-4H3,(H5-,56,57,60,61,62,63,64,65,66,67,68,69);1H4/p+1. The van der Waals surface area contributed by atoms with Crippen molar-refractivity contribution in [3.05, 3.63) is 168 Å². The molecule has 73 heavy (non-hydrogen) atoms. The van der Waals surface area contributed by atoms with Crippen molar-refractivity contribution >= 4 is 80.6 Å². The summed E-state index contributed by atoms with van der Waals surface area (Å²) in [5.41, 5.74) is 1.31. The number of furan rings is 1. The van der Waals surface area contributed by atoms with Crippen molar-refractivity contribution in [3.8, 4) is 50.7 Å². The van der Waals surface area contributed by atoms with Crippen molar-refractivity contribution in [2.75, 3.05) is 33.1 Å². The van der Waals surface area contributed by atoms with Crippen molar-refractivity contribution < 1.29 is 57.7 Å². The average Bonchev–Trinajstić information content (AvgIpc) is 3.83. The van der Waals surface area contributed by atoms with Gasteiger partial charge >= 0.3 is 17.9 Å². The lowest BCUT2D eigenvalue weighted by Gasteiger charge is -2.21. The third kappa shape index (κ3) is 9.30. The first-order valence-electron chi connectivity index (χ1n) is 21.7. The molecule has 0 unspecified atom stereocenters. The maximum atomic E-state index is 13.8. The Balaban J connectivity index is 0.00000711. The second kappa shape index (κ2) is 19.7. The molecule has 6 N–H and O–H groups in total. The van der Waals surface area contributed by atoms with Gasteiger partial charge in [-0.05, 0) is 78.4 Å². The molecule has 4 aromatic carbocycles. The van der Waals surface area contributed by atoms with Crippen molar-refractivity contribution in [1.29, 1.82) is 0 Å². The van der Waals surface area contributed by atoms with Crippen LogP contribution in [0.2, 0.25) is 10.0 Å².